The molecule has 0 amide bonds. The Kier molecular flexibility index (Phi) is 4.71. The number of thiazole rings is 1. The zero-order valence-corrected chi connectivity index (χ0v) is 22.1. The van der Waals surface area contributed by atoms with E-state index in [1.54, 1.807) is 11.3 Å². The molecule has 0 spiro atoms. The Morgan fingerprint density at radius 3 is 2.53 bits per heavy atom. The van der Waals surface area contributed by atoms with Gasteiger partial charge < -0.3 is 0 Å². The summed E-state index contributed by atoms with van der Waals surface area (Å²) in [4.78, 5) is 9.89. The molecule has 1 aliphatic rings. The highest BCUT2D eigenvalue weighted by atomic mass is 32.1. The van der Waals surface area contributed by atoms with Gasteiger partial charge in [-0.05, 0) is 56.8 Å². The van der Waals surface area contributed by atoms with Crippen LogP contribution in [0.4, 0.5) is 0 Å². The number of nitrogens with zero attached hydrogens (tertiary/aromatic N) is 2. The third-order valence-corrected chi connectivity index (χ3v) is 10.9. The Hall–Kier alpha value is -3.08. The summed E-state index contributed by atoms with van der Waals surface area (Å²) < 4.78 is 1.15. The summed E-state index contributed by atoms with van der Waals surface area (Å²) >= 11 is 1.75. The molecule has 0 saturated heterocycles. The highest BCUT2D eigenvalue weighted by Crippen LogP contribution is 2.39. The Balaban J connectivity index is 1.52. The molecule has 2 aromatic heterocycles. The quantitative estimate of drug-likeness (QED) is 0.242. The Morgan fingerprint density at radius 2 is 1.71 bits per heavy atom. The molecule has 0 fully saturated rings. The molecule has 34 heavy (non-hydrogen) atoms. The molecule has 0 aliphatic carbocycles. The van der Waals surface area contributed by atoms with Crippen LogP contribution in [0.25, 0.3) is 48.9 Å². The van der Waals surface area contributed by atoms with Crippen molar-refractivity contribution in [3.63, 3.8) is 0 Å². The number of benzene rings is 3. The summed E-state index contributed by atoms with van der Waals surface area (Å²) in [6, 6.07) is 22.2. The van der Waals surface area contributed by atoms with Crippen molar-refractivity contribution in [2.75, 3.05) is 0 Å². The van der Waals surface area contributed by atoms with Crippen LogP contribution >= 0.6 is 11.3 Å². The lowest BCUT2D eigenvalue weighted by atomic mass is 9.82. The molecule has 2 nitrogen and oxygen atoms in total. The Morgan fingerprint density at radius 1 is 0.882 bits per heavy atom. The van der Waals surface area contributed by atoms with Gasteiger partial charge in [-0.25, -0.2) is 4.98 Å². The molecule has 3 heterocycles. The van der Waals surface area contributed by atoms with Gasteiger partial charge in [0, 0.05) is 17.3 Å². The van der Waals surface area contributed by atoms with Crippen LogP contribution in [-0.4, -0.2) is 18.0 Å². The first-order valence-corrected chi connectivity index (χ1v) is 15.7. The number of rotatable bonds is 2. The molecule has 0 unspecified atom stereocenters. The van der Waals surface area contributed by atoms with E-state index in [1.807, 2.05) is 12.3 Å². The fraction of sp³-hybridized carbons (Fsp3) is 0.200. The fourth-order valence-electron chi connectivity index (χ4n) is 5.06. The van der Waals surface area contributed by atoms with E-state index in [-0.39, 0.29) is 5.41 Å². The van der Waals surface area contributed by atoms with Crippen molar-refractivity contribution in [3.8, 4) is 21.8 Å². The molecular formula is C30H28N2SSi. The summed E-state index contributed by atoms with van der Waals surface area (Å²) in [5.74, 6) is 0. The molecule has 4 heteroatoms. The van der Waals surface area contributed by atoms with Gasteiger partial charge in [0.1, 0.15) is 13.1 Å². The molecule has 6 rings (SSSR count). The SMILES string of the molecule is CC(C)(C)c1cc(-c2nccc3nc(-c4ccc5c(c4)C=C[Si]5(C)C)sc23)cc2ccccc12. The first-order valence-electron chi connectivity index (χ1n) is 11.8. The van der Waals surface area contributed by atoms with Crippen molar-refractivity contribution in [2.45, 2.75) is 39.3 Å². The van der Waals surface area contributed by atoms with Crippen LogP contribution in [0.15, 0.2) is 72.6 Å². The minimum Gasteiger partial charge on any atom is -0.255 e. The zero-order chi connectivity index (χ0) is 23.7. The second kappa shape index (κ2) is 7.46. The second-order valence-electron chi connectivity index (χ2n) is 10.9. The lowest BCUT2D eigenvalue weighted by Crippen LogP contribution is -2.37. The number of pyridine rings is 1. The minimum absolute atomic E-state index is 0.0391. The van der Waals surface area contributed by atoms with Gasteiger partial charge in [0.2, 0.25) is 0 Å². The minimum atomic E-state index is -1.42. The predicted octanol–water partition coefficient (Wildman–Crippen LogP) is 7.96. The number of hydrogen-bond donors (Lipinski definition) is 0. The van der Waals surface area contributed by atoms with Gasteiger partial charge in [-0.1, -0.05) is 82.0 Å². The van der Waals surface area contributed by atoms with Gasteiger partial charge in [0.25, 0.3) is 0 Å². The standard InChI is InChI=1S/C30H28N2SSi/c1-30(2,3)24-18-22(16-19-8-6-7-9-23(19)24)27-28-25(12-14-31-27)32-29(33-28)21-10-11-26-20(17-21)13-15-34(26,4)5/h6-18H,1-5H3. The van der Waals surface area contributed by atoms with E-state index in [9.17, 15) is 0 Å². The van der Waals surface area contributed by atoms with Crippen molar-refractivity contribution in [1.82, 2.24) is 9.97 Å². The van der Waals surface area contributed by atoms with E-state index in [2.05, 4.69) is 100 Å². The van der Waals surface area contributed by atoms with Crippen LogP contribution in [0, 0.1) is 0 Å². The number of aromatic nitrogens is 2. The van der Waals surface area contributed by atoms with E-state index < -0.39 is 8.07 Å². The van der Waals surface area contributed by atoms with E-state index in [4.69, 9.17) is 9.97 Å². The molecule has 0 saturated carbocycles. The summed E-state index contributed by atoms with van der Waals surface area (Å²) in [7, 11) is -1.42. The maximum atomic E-state index is 5.03. The third-order valence-electron chi connectivity index (χ3n) is 6.92. The van der Waals surface area contributed by atoms with Crippen LogP contribution in [0.1, 0.15) is 31.9 Å². The second-order valence-corrected chi connectivity index (χ2v) is 16.2. The van der Waals surface area contributed by atoms with Crippen molar-refractivity contribution in [1.29, 1.82) is 0 Å². The van der Waals surface area contributed by atoms with Crippen LogP contribution in [0.3, 0.4) is 0 Å². The molecule has 3 aromatic carbocycles. The molecular weight excluding hydrogens is 448 g/mol. The Bertz CT molecular complexity index is 1620. The van der Waals surface area contributed by atoms with Gasteiger partial charge in [0.15, 0.2) is 0 Å². The van der Waals surface area contributed by atoms with Crippen molar-refractivity contribution in [2.24, 2.45) is 0 Å². The lowest BCUT2D eigenvalue weighted by Gasteiger charge is -2.22. The largest absolute Gasteiger partial charge is 0.255 e. The lowest BCUT2D eigenvalue weighted by molar-refractivity contribution is 0.596. The average Bonchev–Trinajstić information content (AvgIpc) is 3.38. The summed E-state index contributed by atoms with van der Waals surface area (Å²) in [6.07, 6.45) is 4.20. The van der Waals surface area contributed by atoms with Gasteiger partial charge in [-0.3, -0.25) is 4.98 Å². The molecule has 0 radical (unpaired) electrons. The molecule has 0 bridgehead atoms. The van der Waals surface area contributed by atoms with Crippen LogP contribution < -0.4 is 5.19 Å². The van der Waals surface area contributed by atoms with E-state index in [0.717, 1.165) is 26.5 Å². The maximum absolute atomic E-state index is 5.03. The van der Waals surface area contributed by atoms with Crippen molar-refractivity contribution in [3.05, 3.63) is 83.7 Å². The smallest absolute Gasteiger partial charge is 0.124 e. The van der Waals surface area contributed by atoms with Gasteiger partial charge in [0.05, 0.1) is 15.9 Å². The molecule has 5 aromatic rings. The molecule has 1 aliphatic heterocycles. The maximum Gasteiger partial charge on any atom is 0.124 e. The highest BCUT2D eigenvalue weighted by Gasteiger charge is 2.27. The van der Waals surface area contributed by atoms with Crippen LogP contribution in [-0.2, 0) is 5.41 Å². The molecule has 0 N–H and O–H groups in total. The predicted molar refractivity (Wildman–Crippen MR) is 151 cm³/mol. The summed E-state index contributed by atoms with van der Waals surface area (Å²) in [6.45, 7) is 11.7. The van der Waals surface area contributed by atoms with Gasteiger partial charge >= 0.3 is 0 Å². The summed E-state index contributed by atoms with van der Waals surface area (Å²) in [5, 5.41) is 5.15. The van der Waals surface area contributed by atoms with E-state index in [0.29, 0.717) is 0 Å². The zero-order valence-electron chi connectivity index (χ0n) is 20.3. The van der Waals surface area contributed by atoms with E-state index >= 15 is 0 Å². The first kappa shape index (κ1) is 21.5. The van der Waals surface area contributed by atoms with Crippen LogP contribution in [0.2, 0.25) is 13.1 Å². The normalized spacial score (nSPS) is 14.7. The number of fused-ring (bicyclic) bond motifs is 3. The first-order chi connectivity index (χ1) is 16.2. The Labute approximate surface area is 206 Å². The monoisotopic (exact) mass is 476 g/mol. The van der Waals surface area contributed by atoms with Gasteiger partial charge in [-0.2, -0.15) is 0 Å². The fourth-order valence-corrected chi connectivity index (χ4v) is 8.32. The molecule has 168 valence electrons. The topological polar surface area (TPSA) is 25.8 Å². The van der Waals surface area contributed by atoms with Gasteiger partial charge in [-0.15, -0.1) is 11.3 Å². The van der Waals surface area contributed by atoms with E-state index in [1.165, 1.54) is 32.6 Å². The highest BCUT2D eigenvalue weighted by molar-refractivity contribution is 7.22. The summed E-state index contributed by atoms with van der Waals surface area (Å²) in [5.41, 5.74) is 9.56. The van der Waals surface area contributed by atoms with Crippen LogP contribution in [0.5, 0.6) is 0 Å². The third kappa shape index (κ3) is 3.44. The average molecular weight is 477 g/mol. The van der Waals surface area contributed by atoms with Crippen molar-refractivity contribution < 1.29 is 0 Å². The number of hydrogen-bond acceptors (Lipinski definition) is 3. The van der Waals surface area contributed by atoms with Crippen molar-refractivity contribution >= 4 is 51.7 Å². The molecule has 0 atom stereocenters.